The van der Waals surface area contributed by atoms with Gasteiger partial charge in [0.25, 0.3) is 0 Å². The second kappa shape index (κ2) is 8.45. The van der Waals surface area contributed by atoms with Gasteiger partial charge in [0.2, 0.25) is 5.91 Å². The fourth-order valence-corrected chi connectivity index (χ4v) is 3.71. The molecule has 0 spiro atoms. The van der Waals surface area contributed by atoms with Crippen LogP contribution in [0.25, 0.3) is 0 Å². The summed E-state index contributed by atoms with van der Waals surface area (Å²) in [7, 11) is 2.49. The molecule has 2 rings (SSSR count). The Balaban J connectivity index is 2.19. The van der Waals surface area contributed by atoms with Crippen LogP contribution in [0.1, 0.15) is 37.7 Å². The minimum absolute atomic E-state index is 0.153. The molecule has 0 aliphatic rings. The Morgan fingerprint density at radius 1 is 1.23 bits per heavy atom. The summed E-state index contributed by atoms with van der Waals surface area (Å²) in [4.78, 5) is 36.5. The minimum atomic E-state index is -0.629. The molecule has 0 aromatic carbocycles. The van der Waals surface area contributed by atoms with Gasteiger partial charge in [-0.3, -0.25) is 9.48 Å². The molecule has 0 unspecified atom stereocenters. The van der Waals surface area contributed by atoms with E-state index in [0.717, 1.165) is 21.5 Å². The van der Waals surface area contributed by atoms with Crippen LogP contribution >= 0.6 is 27.3 Å². The molecule has 0 saturated heterocycles. The number of aromatic nitrogens is 2. The van der Waals surface area contributed by atoms with Crippen molar-refractivity contribution in [3.8, 4) is 0 Å². The molecule has 0 saturated carbocycles. The molecule has 0 aliphatic carbocycles. The third-order valence-corrected chi connectivity index (χ3v) is 5.72. The monoisotopic (exact) mass is 443 g/mol. The van der Waals surface area contributed by atoms with Gasteiger partial charge in [-0.15, -0.1) is 11.3 Å². The van der Waals surface area contributed by atoms with Crippen LogP contribution in [-0.4, -0.2) is 41.8 Å². The molecule has 0 aliphatic heterocycles. The van der Waals surface area contributed by atoms with Gasteiger partial charge in [-0.25, -0.2) is 9.59 Å². The van der Waals surface area contributed by atoms with Crippen LogP contribution in [-0.2, 0) is 20.8 Å². The molecular weight excluding hydrogens is 426 g/mol. The molecule has 2 heterocycles. The van der Waals surface area contributed by atoms with E-state index in [2.05, 4.69) is 26.3 Å². The van der Waals surface area contributed by atoms with Crippen molar-refractivity contribution >= 4 is 50.1 Å². The summed E-state index contributed by atoms with van der Waals surface area (Å²) in [5.41, 5.74) is 1.48. The Kier molecular flexibility index (Phi) is 6.54. The Morgan fingerprint density at radius 2 is 1.88 bits per heavy atom. The molecule has 140 valence electrons. The Bertz CT molecular complexity index is 858. The van der Waals surface area contributed by atoms with E-state index in [1.807, 2.05) is 6.92 Å². The highest BCUT2D eigenvalue weighted by molar-refractivity contribution is 9.10. The molecule has 8 nitrogen and oxygen atoms in total. The summed E-state index contributed by atoms with van der Waals surface area (Å²) in [5.74, 6) is -1.51. The highest BCUT2D eigenvalue weighted by Crippen LogP contribution is 2.34. The second-order valence-electron chi connectivity index (χ2n) is 5.34. The molecule has 0 radical (unpaired) electrons. The number of hydrogen-bond acceptors (Lipinski definition) is 7. The fraction of sp³-hybridized carbons (Fsp3) is 0.375. The molecular formula is C16H18BrN3O5S. The third kappa shape index (κ3) is 4.13. The second-order valence-corrected chi connectivity index (χ2v) is 7.22. The lowest BCUT2D eigenvalue weighted by Crippen LogP contribution is -2.17. The topological polar surface area (TPSA) is 99.5 Å². The zero-order chi connectivity index (χ0) is 19.4. The molecule has 0 atom stereocenters. The number of ether oxygens (including phenoxy) is 2. The van der Waals surface area contributed by atoms with E-state index in [-0.39, 0.29) is 27.8 Å². The highest BCUT2D eigenvalue weighted by Gasteiger charge is 2.26. The molecule has 0 fully saturated rings. The van der Waals surface area contributed by atoms with Crippen molar-refractivity contribution in [2.24, 2.45) is 0 Å². The van der Waals surface area contributed by atoms with E-state index in [4.69, 9.17) is 9.47 Å². The summed E-state index contributed by atoms with van der Waals surface area (Å²) in [6.07, 6.45) is 1.81. The van der Waals surface area contributed by atoms with Crippen LogP contribution in [0.2, 0.25) is 0 Å². The van der Waals surface area contributed by atoms with Crippen molar-refractivity contribution < 1.29 is 23.9 Å². The summed E-state index contributed by atoms with van der Waals surface area (Å²) < 4.78 is 12.0. The van der Waals surface area contributed by atoms with E-state index >= 15 is 0 Å². The van der Waals surface area contributed by atoms with Crippen LogP contribution in [0.5, 0.6) is 0 Å². The molecule has 2 aromatic heterocycles. The van der Waals surface area contributed by atoms with E-state index in [1.54, 1.807) is 17.8 Å². The normalized spacial score (nSPS) is 10.5. The lowest BCUT2D eigenvalue weighted by molar-refractivity contribution is -0.116. The SMILES string of the molecule is COC(=O)c1sc(NC(=O)CCn2ncc(Br)c2C)c(C(=O)OC)c1C. The predicted molar refractivity (Wildman–Crippen MR) is 99.6 cm³/mol. The maximum absolute atomic E-state index is 12.3. The molecule has 1 N–H and O–H groups in total. The van der Waals surface area contributed by atoms with Crippen molar-refractivity contribution in [3.05, 3.63) is 32.4 Å². The van der Waals surface area contributed by atoms with Crippen LogP contribution in [0.15, 0.2) is 10.7 Å². The summed E-state index contributed by atoms with van der Waals surface area (Å²) >= 11 is 4.35. The molecule has 0 bridgehead atoms. The molecule has 1 amide bonds. The number of nitrogens with zero attached hydrogens (tertiary/aromatic N) is 2. The largest absolute Gasteiger partial charge is 0.465 e. The van der Waals surface area contributed by atoms with Crippen molar-refractivity contribution in [3.63, 3.8) is 0 Å². The number of nitrogens with one attached hydrogen (secondary N) is 1. The first-order chi connectivity index (χ1) is 12.3. The number of rotatable bonds is 6. The quantitative estimate of drug-likeness (QED) is 0.688. The van der Waals surface area contributed by atoms with Crippen LogP contribution in [0, 0.1) is 13.8 Å². The maximum atomic E-state index is 12.3. The van der Waals surface area contributed by atoms with Crippen LogP contribution in [0.3, 0.4) is 0 Å². The van der Waals surface area contributed by atoms with Crippen molar-refractivity contribution in [2.75, 3.05) is 19.5 Å². The summed E-state index contributed by atoms with van der Waals surface area (Å²) in [6, 6.07) is 0. The van der Waals surface area contributed by atoms with Gasteiger partial charge in [0.1, 0.15) is 9.88 Å². The molecule has 10 heteroatoms. The lowest BCUT2D eigenvalue weighted by Gasteiger charge is -2.07. The first-order valence-electron chi connectivity index (χ1n) is 7.57. The maximum Gasteiger partial charge on any atom is 0.348 e. The van der Waals surface area contributed by atoms with Gasteiger partial charge in [0.05, 0.1) is 37.0 Å². The molecule has 26 heavy (non-hydrogen) atoms. The smallest absolute Gasteiger partial charge is 0.348 e. The number of hydrogen-bond donors (Lipinski definition) is 1. The van der Waals surface area contributed by atoms with Crippen molar-refractivity contribution in [1.29, 1.82) is 0 Å². The number of aryl methyl sites for hydroxylation is 1. The van der Waals surface area contributed by atoms with E-state index < -0.39 is 11.9 Å². The zero-order valence-corrected chi connectivity index (χ0v) is 17.1. The number of carbonyl (C=O) groups is 3. The highest BCUT2D eigenvalue weighted by atomic mass is 79.9. The number of halogens is 1. The van der Waals surface area contributed by atoms with E-state index in [1.165, 1.54) is 14.2 Å². The number of methoxy groups -OCH3 is 2. The van der Waals surface area contributed by atoms with Gasteiger partial charge in [-0.1, -0.05) is 0 Å². The Hall–Kier alpha value is -2.20. The molecule has 2 aromatic rings. The van der Waals surface area contributed by atoms with Crippen LogP contribution < -0.4 is 5.32 Å². The number of amides is 1. The number of carbonyl (C=O) groups excluding carboxylic acids is 3. The number of esters is 2. The Labute approximate surface area is 162 Å². The summed E-state index contributed by atoms with van der Waals surface area (Å²) in [6.45, 7) is 3.87. The fourth-order valence-electron chi connectivity index (χ4n) is 2.28. The predicted octanol–water partition coefficient (Wildman–Crippen LogP) is 2.93. The minimum Gasteiger partial charge on any atom is -0.465 e. The van der Waals surface area contributed by atoms with Gasteiger partial charge in [0.15, 0.2) is 0 Å². The lowest BCUT2D eigenvalue weighted by atomic mass is 10.1. The first kappa shape index (κ1) is 20.1. The zero-order valence-electron chi connectivity index (χ0n) is 14.7. The first-order valence-corrected chi connectivity index (χ1v) is 9.18. The third-order valence-electron chi connectivity index (χ3n) is 3.75. The van der Waals surface area contributed by atoms with Gasteiger partial charge >= 0.3 is 11.9 Å². The van der Waals surface area contributed by atoms with Gasteiger partial charge in [-0.2, -0.15) is 5.10 Å². The van der Waals surface area contributed by atoms with Gasteiger partial charge < -0.3 is 14.8 Å². The average molecular weight is 444 g/mol. The summed E-state index contributed by atoms with van der Waals surface area (Å²) in [5, 5.41) is 7.11. The standard InChI is InChI=1S/C16H18BrN3O5S/c1-8-12(15(22)24-3)14(26-13(8)16(23)25-4)19-11(21)5-6-20-9(2)10(17)7-18-20/h7H,5-6H2,1-4H3,(H,19,21). The van der Waals surface area contributed by atoms with Crippen molar-refractivity contribution in [1.82, 2.24) is 9.78 Å². The van der Waals surface area contributed by atoms with Crippen LogP contribution in [0.4, 0.5) is 5.00 Å². The Morgan fingerprint density at radius 3 is 2.42 bits per heavy atom. The number of thiophene rings is 1. The van der Waals surface area contributed by atoms with E-state index in [0.29, 0.717) is 12.1 Å². The van der Waals surface area contributed by atoms with Gasteiger partial charge in [-0.05, 0) is 35.3 Å². The van der Waals surface area contributed by atoms with Crippen molar-refractivity contribution in [2.45, 2.75) is 26.8 Å². The van der Waals surface area contributed by atoms with Gasteiger partial charge in [0, 0.05) is 12.1 Å². The average Bonchev–Trinajstić information content (AvgIpc) is 3.11. The van der Waals surface area contributed by atoms with E-state index in [9.17, 15) is 14.4 Å². The number of anilines is 1.